The predicted octanol–water partition coefficient (Wildman–Crippen LogP) is 0.848. The predicted molar refractivity (Wildman–Crippen MR) is 69.9 cm³/mol. The van der Waals surface area contributed by atoms with Gasteiger partial charge in [-0.25, -0.2) is 0 Å². The van der Waals surface area contributed by atoms with E-state index >= 15 is 0 Å². The summed E-state index contributed by atoms with van der Waals surface area (Å²) >= 11 is 0. The molecule has 0 fully saturated rings. The van der Waals surface area contributed by atoms with Gasteiger partial charge in [-0.2, -0.15) is 18.2 Å². The summed E-state index contributed by atoms with van der Waals surface area (Å²) in [6.07, 6.45) is 6.71. The molecule has 3 heteroatoms. The monoisotopic (exact) mass is 308 g/mol. The molecule has 1 rings (SSSR count). The van der Waals surface area contributed by atoms with Crippen LogP contribution in [0.4, 0.5) is 0 Å². The number of halogens is 1. The second-order valence-electron chi connectivity index (χ2n) is 4.01. The van der Waals surface area contributed by atoms with E-state index in [1.807, 2.05) is 24.3 Å². The Labute approximate surface area is 132 Å². The van der Waals surface area contributed by atoms with Crippen LogP contribution in [0, 0.1) is 6.07 Å². The summed E-state index contributed by atoms with van der Waals surface area (Å²) in [4.78, 5) is 0. The van der Waals surface area contributed by atoms with Crippen LogP contribution < -0.4 is 21.7 Å². The third-order valence-corrected chi connectivity index (χ3v) is 2.49. The molecule has 1 atom stereocenters. The maximum absolute atomic E-state index is 5.77. The number of rotatable bonds is 7. The fourth-order valence-electron chi connectivity index (χ4n) is 1.60. The standard InChI is InChI=1S/C14H21O.BrH.Mg/c1-3-4-5-7-10-13(2)15-14-11-8-6-9-12-14;;/h8-9,11-13H,3-5,7,10H2,1-2H3;1H;/q-1;;+2/p-1/t13-;;/m1../s1. The number of benzene rings is 1. The first-order valence-electron chi connectivity index (χ1n) is 5.95. The van der Waals surface area contributed by atoms with Crippen molar-refractivity contribution in [1.29, 1.82) is 0 Å². The summed E-state index contributed by atoms with van der Waals surface area (Å²) in [5, 5.41) is 0. The molecule has 0 heterocycles. The van der Waals surface area contributed by atoms with E-state index in [1.165, 1.54) is 25.7 Å². The number of ether oxygens (including phenoxy) is 1. The molecular formula is C14H21BrMgO. The zero-order chi connectivity index (χ0) is 10.9. The summed E-state index contributed by atoms with van der Waals surface area (Å²) in [6.45, 7) is 4.38. The van der Waals surface area contributed by atoms with E-state index in [9.17, 15) is 0 Å². The molecule has 1 nitrogen and oxygen atoms in total. The van der Waals surface area contributed by atoms with Crippen LogP contribution in [0.2, 0.25) is 0 Å². The van der Waals surface area contributed by atoms with Gasteiger partial charge >= 0.3 is 23.1 Å². The van der Waals surface area contributed by atoms with Gasteiger partial charge in [-0.15, -0.1) is 12.1 Å². The fourth-order valence-corrected chi connectivity index (χ4v) is 1.60. The van der Waals surface area contributed by atoms with Gasteiger partial charge in [0.15, 0.2) is 0 Å². The average Bonchev–Trinajstić information content (AvgIpc) is 2.26. The summed E-state index contributed by atoms with van der Waals surface area (Å²) < 4.78 is 5.77. The van der Waals surface area contributed by atoms with Crippen LogP contribution in [-0.4, -0.2) is 29.2 Å². The van der Waals surface area contributed by atoms with Gasteiger partial charge in [0.2, 0.25) is 0 Å². The van der Waals surface area contributed by atoms with Gasteiger partial charge < -0.3 is 21.7 Å². The molecule has 17 heavy (non-hydrogen) atoms. The molecule has 0 aliphatic rings. The Bertz CT molecular complexity index is 254. The van der Waals surface area contributed by atoms with Crippen LogP contribution in [0.15, 0.2) is 24.3 Å². The molecule has 0 saturated carbocycles. The summed E-state index contributed by atoms with van der Waals surface area (Å²) in [6, 6.07) is 10.7. The zero-order valence-electron chi connectivity index (χ0n) is 10.9. The largest absolute Gasteiger partial charge is 2.00 e. The SMILES string of the molecule is CCCCCC[C@@H](C)Oc1cc[c-]cc1.[Br-].[Mg+2]. The Hall–Kier alpha value is 0.266. The minimum Gasteiger partial charge on any atom is -1.00 e. The van der Waals surface area contributed by atoms with Crippen LogP contribution in [0.5, 0.6) is 5.75 Å². The molecule has 1 aromatic rings. The van der Waals surface area contributed by atoms with E-state index in [-0.39, 0.29) is 40.0 Å². The van der Waals surface area contributed by atoms with E-state index in [1.54, 1.807) is 0 Å². The minimum absolute atomic E-state index is 0. The van der Waals surface area contributed by atoms with Crippen molar-refractivity contribution in [3.63, 3.8) is 0 Å². The molecule has 0 aliphatic carbocycles. The average molecular weight is 310 g/mol. The first kappa shape index (κ1) is 19.6. The zero-order valence-corrected chi connectivity index (χ0v) is 13.9. The van der Waals surface area contributed by atoms with E-state index in [4.69, 9.17) is 4.74 Å². The van der Waals surface area contributed by atoms with Gasteiger partial charge in [-0.05, 0) is 19.8 Å². The van der Waals surface area contributed by atoms with Crippen LogP contribution in [-0.2, 0) is 0 Å². The second kappa shape index (κ2) is 12.7. The van der Waals surface area contributed by atoms with Gasteiger partial charge in [0.1, 0.15) is 0 Å². The van der Waals surface area contributed by atoms with Gasteiger partial charge in [-0.1, -0.05) is 26.2 Å². The van der Waals surface area contributed by atoms with Crippen molar-refractivity contribution in [2.45, 2.75) is 52.1 Å². The van der Waals surface area contributed by atoms with E-state index < -0.39 is 0 Å². The molecular weight excluding hydrogens is 288 g/mol. The van der Waals surface area contributed by atoms with Crippen LogP contribution in [0.25, 0.3) is 0 Å². The maximum atomic E-state index is 5.77. The van der Waals surface area contributed by atoms with Crippen LogP contribution >= 0.6 is 0 Å². The molecule has 0 N–H and O–H groups in total. The number of unbranched alkanes of at least 4 members (excludes halogenated alkanes) is 3. The Morgan fingerprint density at radius 2 is 1.82 bits per heavy atom. The normalized spacial score (nSPS) is 10.9. The third-order valence-electron chi connectivity index (χ3n) is 2.49. The number of hydrogen-bond acceptors (Lipinski definition) is 1. The van der Waals surface area contributed by atoms with Crippen LogP contribution in [0.1, 0.15) is 46.0 Å². The maximum Gasteiger partial charge on any atom is 2.00 e. The quantitative estimate of drug-likeness (QED) is 0.412. The third kappa shape index (κ3) is 9.92. The Balaban J connectivity index is 0. The van der Waals surface area contributed by atoms with Gasteiger partial charge in [-0.3, -0.25) is 0 Å². The Kier molecular flexibility index (Phi) is 14.7. The molecule has 0 bridgehead atoms. The van der Waals surface area contributed by atoms with E-state index in [0.29, 0.717) is 6.10 Å². The fraction of sp³-hybridized carbons (Fsp3) is 0.571. The molecule has 1 aromatic carbocycles. The Morgan fingerprint density at radius 1 is 1.18 bits per heavy atom. The molecule has 0 unspecified atom stereocenters. The van der Waals surface area contributed by atoms with E-state index in [2.05, 4.69) is 19.9 Å². The molecule has 0 saturated heterocycles. The van der Waals surface area contributed by atoms with Crippen molar-refractivity contribution in [2.75, 3.05) is 0 Å². The summed E-state index contributed by atoms with van der Waals surface area (Å²) in [5.74, 6) is 0.955. The molecule has 0 amide bonds. The van der Waals surface area contributed by atoms with Crippen molar-refractivity contribution in [1.82, 2.24) is 0 Å². The van der Waals surface area contributed by atoms with Crippen molar-refractivity contribution >= 4 is 23.1 Å². The molecule has 0 radical (unpaired) electrons. The van der Waals surface area contributed by atoms with Gasteiger partial charge in [0, 0.05) is 5.75 Å². The molecule has 0 aromatic heterocycles. The molecule has 0 aliphatic heterocycles. The smallest absolute Gasteiger partial charge is 1.00 e. The topological polar surface area (TPSA) is 9.23 Å². The van der Waals surface area contributed by atoms with Gasteiger partial charge in [0.25, 0.3) is 0 Å². The van der Waals surface area contributed by atoms with Crippen molar-refractivity contribution in [2.24, 2.45) is 0 Å². The Morgan fingerprint density at radius 3 is 2.41 bits per heavy atom. The van der Waals surface area contributed by atoms with Crippen molar-refractivity contribution < 1.29 is 21.7 Å². The number of hydrogen-bond donors (Lipinski definition) is 0. The van der Waals surface area contributed by atoms with Gasteiger partial charge in [0.05, 0.1) is 6.10 Å². The summed E-state index contributed by atoms with van der Waals surface area (Å²) in [5.41, 5.74) is 0. The van der Waals surface area contributed by atoms with Crippen LogP contribution in [0.3, 0.4) is 0 Å². The van der Waals surface area contributed by atoms with Crippen molar-refractivity contribution in [3.05, 3.63) is 30.3 Å². The first-order chi connectivity index (χ1) is 7.33. The summed E-state index contributed by atoms with van der Waals surface area (Å²) in [7, 11) is 0. The van der Waals surface area contributed by atoms with E-state index in [0.717, 1.165) is 12.2 Å². The molecule has 0 spiro atoms. The molecule has 92 valence electrons. The minimum atomic E-state index is 0. The first-order valence-corrected chi connectivity index (χ1v) is 5.95. The van der Waals surface area contributed by atoms with Crippen molar-refractivity contribution in [3.8, 4) is 5.75 Å². The second-order valence-corrected chi connectivity index (χ2v) is 4.01.